The maximum atomic E-state index is 13.7. The number of ether oxygens (including phenoxy) is 1. The molecule has 0 unspecified atom stereocenters. The molecule has 0 aliphatic carbocycles. The Morgan fingerprint density at radius 1 is 1.53 bits per heavy atom. The molecule has 0 aliphatic heterocycles. The molecule has 0 spiro atoms. The number of rotatable bonds is 3. The molecule has 100 valence electrons. The quantitative estimate of drug-likeness (QED) is 0.881. The molecule has 0 fully saturated rings. The molecule has 5 nitrogen and oxygen atoms in total. The van der Waals surface area contributed by atoms with E-state index in [0.29, 0.717) is 10.0 Å². The van der Waals surface area contributed by atoms with Crippen LogP contribution >= 0.6 is 15.9 Å². The molecule has 7 heteroatoms. The van der Waals surface area contributed by atoms with Crippen molar-refractivity contribution in [3.63, 3.8) is 0 Å². The van der Waals surface area contributed by atoms with Gasteiger partial charge < -0.3 is 10.5 Å². The number of aryl methyl sites for hydroxylation is 1. The Labute approximate surface area is 118 Å². The fourth-order valence-corrected chi connectivity index (χ4v) is 2.06. The monoisotopic (exact) mass is 326 g/mol. The maximum Gasteiger partial charge on any atom is 0.221 e. The molecule has 19 heavy (non-hydrogen) atoms. The largest absolute Gasteiger partial charge is 0.493 e. The minimum atomic E-state index is -0.465. The van der Waals surface area contributed by atoms with E-state index in [1.54, 1.807) is 12.3 Å². The molecule has 0 saturated heterocycles. The highest BCUT2D eigenvalue weighted by molar-refractivity contribution is 9.10. The van der Waals surface area contributed by atoms with Crippen molar-refractivity contribution in [1.29, 1.82) is 0 Å². The van der Waals surface area contributed by atoms with Crippen LogP contribution in [-0.2, 0) is 0 Å². The molecule has 2 aromatic rings. The standard InChI is InChI=1S/C12H12BrFN4O/c1-7-6-18(12(15)17-7)16-5-8-3-9(13)4-10(14)11(8)19-2/h3-6H,1-2H3,(H2,15,17). The number of imidazole rings is 1. The molecule has 1 heterocycles. The topological polar surface area (TPSA) is 65.4 Å². The Kier molecular flexibility index (Phi) is 3.84. The van der Waals surface area contributed by atoms with Gasteiger partial charge in [-0.3, -0.25) is 0 Å². The number of nitrogens with zero attached hydrogens (tertiary/aromatic N) is 3. The fraction of sp³-hybridized carbons (Fsp3) is 0.167. The van der Waals surface area contributed by atoms with Crippen LogP contribution in [0.3, 0.4) is 0 Å². The van der Waals surface area contributed by atoms with Gasteiger partial charge in [0.05, 0.1) is 25.2 Å². The molecule has 0 atom stereocenters. The number of hydrogen-bond donors (Lipinski definition) is 1. The lowest BCUT2D eigenvalue weighted by Gasteiger charge is -2.06. The van der Waals surface area contributed by atoms with E-state index >= 15 is 0 Å². The van der Waals surface area contributed by atoms with Gasteiger partial charge in [-0.1, -0.05) is 15.9 Å². The summed E-state index contributed by atoms with van der Waals surface area (Å²) in [6, 6.07) is 3.03. The van der Waals surface area contributed by atoms with Crippen molar-refractivity contribution >= 4 is 28.1 Å². The Morgan fingerprint density at radius 3 is 2.84 bits per heavy atom. The van der Waals surface area contributed by atoms with Crippen LogP contribution in [0, 0.1) is 12.7 Å². The Balaban J connectivity index is 2.40. The first-order valence-electron chi connectivity index (χ1n) is 5.40. The zero-order chi connectivity index (χ0) is 14.0. The van der Waals surface area contributed by atoms with Gasteiger partial charge in [0.1, 0.15) is 0 Å². The molecular weight excluding hydrogens is 315 g/mol. The van der Waals surface area contributed by atoms with Crippen molar-refractivity contribution in [2.75, 3.05) is 12.8 Å². The highest BCUT2D eigenvalue weighted by Crippen LogP contribution is 2.25. The van der Waals surface area contributed by atoms with E-state index in [4.69, 9.17) is 10.5 Å². The summed E-state index contributed by atoms with van der Waals surface area (Å²) >= 11 is 3.22. The molecule has 0 aliphatic rings. The average molecular weight is 327 g/mol. The lowest BCUT2D eigenvalue weighted by molar-refractivity contribution is 0.385. The Morgan fingerprint density at radius 2 is 2.26 bits per heavy atom. The van der Waals surface area contributed by atoms with Gasteiger partial charge in [0.25, 0.3) is 0 Å². The van der Waals surface area contributed by atoms with Gasteiger partial charge in [-0.25, -0.2) is 14.1 Å². The first-order chi connectivity index (χ1) is 9.01. The summed E-state index contributed by atoms with van der Waals surface area (Å²) in [7, 11) is 1.40. The van der Waals surface area contributed by atoms with Gasteiger partial charge in [0, 0.05) is 10.0 Å². The van der Waals surface area contributed by atoms with Crippen molar-refractivity contribution in [3.05, 3.63) is 39.9 Å². The van der Waals surface area contributed by atoms with E-state index in [1.165, 1.54) is 24.1 Å². The summed E-state index contributed by atoms with van der Waals surface area (Å²) in [4.78, 5) is 4.01. The number of hydrogen-bond acceptors (Lipinski definition) is 4. The van der Waals surface area contributed by atoms with Gasteiger partial charge in [-0.05, 0) is 19.1 Å². The van der Waals surface area contributed by atoms with Crippen LogP contribution in [-0.4, -0.2) is 23.0 Å². The number of halogens is 2. The Bertz CT molecular complexity index is 639. The summed E-state index contributed by atoms with van der Waals surface area (Å²) in [6.45, 7) is 1.81. The zero-order valence-electron chi connectivity index (χ0n) is 10.4. The van der Waals surface area contributed by atoms with Gasteiger partial charge in [-0.15, -0.1) is 0 Å². The average Bonchev–Trinajstić information content (AvgIpc) is 2.64. The third kappa shape index (κ3) is 2.93. The number of nitrogens with two attached hydrogens (primary N) is 1. The number of benzene rings is 1. The first kappa shape index (κ1) is 13.5. The van der Waals surface area contributed by atoms with Crippen molar-refractivity contribution in [1.82, 2.24) is 9.66 Å². The fourth-order valence-electron chi connectivity index (χ4n) is 1.61. The van der Waals surface area contributed by atoms with Gasteiger partial charge in [-0.2, -0.15) is 5.10 Å². The number of aromatic nitrogens is 2. The van der Waals surface area contributed by atoms with Crippen LogP contribution < -0.4 is 10.5 Å². The normalized spacial score (nSPS) is 11.2. The first-order valence-corrected chi connectivity index (χ1v) is 6.19. The van der Waals surface area contributed by atoms with Crippen molar-refractivity contribution in [2.45, 2.75) is 6.92 Å². The highest BCUT2D eigenvalue weighted by atomic mass is 79.9. The second-order valence-corrected chi connectivity index (χ2v) is 4.76. The van der Waals surface area contributed by atoms with Crippen molar-refractivity contribution < 1.29 is 9.13 Å². The lowest BCUT2D eigenvalue weighted by Crippen LogP contribution is -1.99. The van der Waals surface area contributed by atoms with Crippen molar-refractivity contribution in [2.24, 2.45) is 5.10 Å². The third-order valence-corrected chi connectivity index (χ3v) is 2.86. The summed E-state index contributed by atoms with van der Waals surface area (Å²) in [6.07, 6.45) is 3.14. The van der Waals surface area contributed by atoms with Crippen LogP contribution in [0.1, 0.15) is 11.3 Å². The zero-order valence-corrected chi connectivity index (χ0v) is 12.0. The summed E-state index contributed by atoms with van der Waals surface area (Å²) < 4.78 is 20.7. The van der Waals surface area contributed by atoms with Gasteiger partial charge in [0.2, 0.25) is 5.95 Å². The minimum absolute atomic E-state index is 0.127. The molecule has 2 rings (SSSR count). The predicted octanol–water partition coefficient (Wildman–Crippen LogP) is 2.57. The molecule has 1 aromatic carbocycles. The molecule has 0 bridgehead atoms. The number of methoxy groups -OCH3 is 1. The number of nitrogen functional groups attached to an aromatic ring is 1. The predicted molar refractivity (Wildman–Crippen MR) is 75.0 cm³/mol. The van der Waals surface area contributed by atoms with Crippen LogP contribution in [0.2, 0.25) is 0 Å². The van der Waals surface area contributed by atoms with Crippen molar-refractivity contribution in [3.8, 4) is 5.75 Å². The molecule has 0 radical (unpaired) electrons. The molecule has 0 amide bonds. The van der Waals surface area contributed by atoms with Gasteiger partial charge >= 0.3 is 0 Å². The number of anilines is 1. The molecule has 0 saturated carbocycles. The Hall–Kier alpha value is -1.89. The van der Waals surface area contributed by atoms with E-state index in [0.717, 1.165) is 5.69 Å². The van der Waals surface area contributed by atoms with Crippen LogP contribution in [0.25, 0.3) is 0 Å². The van der Waals surface area contributed by atoms with Crippen LogP contribution in [0.4, 0.5) is 10.3 Å². The van der Waals surface area contributed by atoms with Crippen LogP contribution in [0.15, 0.2) is 27.9 Å². The van der Waals surface area contributed by atoms with E-state index in [9.17, 15) is 4.39 Å². The highest BCUT2D eigenvalue weighted by Gasteiger charge is 2.09. The maximum absolute atomic E-state index is 13.7. The lowest BCUT2D eigenvalue weighted by atomic mass is 10.2. The summed E-state index contributed by atoms with van der Waals surface area (Å²) in [5.74, 6) is -0.0707. The van der Waals surface area contributed by atoms with E-state index in [1.807, 2.05) is 6.92 Å². The molecule has 2 N–H and O–H groups in total. The third-order valence-electron chi connectivity index (χ3n) is 2.40. The van der Waals surface area contributed by atoms with E-state index in [2.05, 4.69) is 26.0 Å². The van der Waals surface area contributed by atoms with E-state index in [-0.39, 0.29) is 11.7 Å². The summed E-state index contributed by atoms with van der Waals surface area (Å²) in [5.41, 5.74) is 6.91. The second kappa shape index (κ2) is 5.40. The summed E-state index contributed by atoms with van der Waals surface area (Å²) in [5, 5.41) is 4.12. The molecular formula is C12H12BrFN4O. The van der Waals surface area contributed by atoms with Crippen LogP contribution in [0.5, 0.6) is 5.75 Å². The SMILES string of the molecule is COc1c(F)cc(Br)cc1C=Nn1cc(C)nc1N. The minimum Gasteiger partial charge on any atom is -0.493 e. The molecule has 1 aromatic heterocycles. The smallest absolute Gasteiger partial charge is 0.221 e. The second-order valence-electron chi connectivity index (χ2n) is 3.84. The van der Waals surface area contributed by atoms with E-state index < -0.39 is 5.82 Å². The van der Waals surface area contributed by atoms with Gasteiger partial charge in [0.15, 0.2) is 11.6 Å².